The third-order valence-electron chi connectivity index (χ3n) is 9.14. The number of carboxylic acid groups (broad SMARTS) is 2. The van der Waals surface area contributed by atoms with Crippen molar-refractivity contribution in [1.82, 2.24) is 10.6 Å². The topological polar surface area (TPSA) is 185 Å². The third kappa shape index (κ3) is 8.76. The molecule has 6 N–H and O–H groups in total. The van der Waals surface area contributed by atoms with Gasteiger partial charge in [0.1, 0.15) is 30.3 Å². The highest BCUT2D eigenvalue weighted by Gasteiger charge is 2.48. The second-order valence-electron chi connectivity index (χ2n) is 12.1. The van der Waals surface area contributed by atoms with Gasteiger partial charge in [-0.1, -0.05) is 61.7 Å². The summed E-state index contributed by atoms with van der Waals surface area (Å²) in [6, 6.07) is 7.81. The molecule has 2 amide bonds. The first-order chi connectivity index (χ1) is 21.5. The molecule has 244 valence electrons. The Balaban J connectivity index is 1.57. The minimum absolute atomic E-state index is 0.0999. The van der Waals surface area contributed by atoms with E-state index in [0.29, 0.717) is 12.2 Å². The Labute approximate surface area is 267 Å². The highest BCUT2D eigenvalue weighted by atomic mass is 32.2. The SMILES string of the molecule is CCC1(C(SCC(NC(=O)CCC(N)C(=O)O)C(=O)NCC(=O)O)C2=C3CCC(Cc4ccccc4)=CC3C(=O)O2)CCCC1. The molecule has 0 radical (unpaired) electrons. The van der Waals surface area contributed by atoms with E-state index in [1.807, 2.05) is 24.3 Å². The fourth-order valence-corrected chi connectivity index (χ4v) is 8.30. The van der Waals surface area contributed by atoms with E-state index in [1.54, 1.807) is 0 Å². The molecule has 12 heteroatoms. The number of aliphatic carboxylic acids is 2. The van der Waals surface area contributed by atoms with Gasteiger partial charge in [-0.05, 0) is 61.5 Å². The molecule has 45 heavy (non-hydrogen) atoms. The van der Waals surface area contributed by atoms with E-state index in [9.17, 15) is 24.0 Å². The van der Waals surface area contributed by atoms with Gasteiger partial charge in [-0.2, -0.15) is 0 Å². The Kier molecular flexibility index (Phi) is 11.8. The summed E-state index contributed by atoms with van der Waals surface area (Å²) in [6.07, 6.45) is 8.78. The van der Waals surface area contributed by atoms with Gasteiger partial charge < -0.3 is 31.3 Å². The first-order valence-corrected chi connectivity index (χ1v) is 16.6. The van der Waals surface area contributed by atoms with Crippen molar-refractivity contribution in [1.29, 1.82) is 0 Å². The summed E-state index contributed by atoms with van der Waals surface area (Å²) in [5.74, 6) is -3.67. The molecule has 1 saturated carbocycles. The molecule has 1 aromatic rings. The van der Waals surface area contributed by atoms with Crippen LogP contribution in [-0.4, -0.2) is 69.6 Å². The number of thioether (sulfide) groups is 1. The van der Waals surface area contributed by atoms with Crippen LogP contribution in [-0.2, 0) is 35.1 Å². The molecule has 4 rings (SSSR count). The predicted octanol–water partition coefficient (Wildman–Crippen LogP) is 3.33. The predicted molar refractivity (Wildman–Crippen MR) is 169 cm³/mol. The molecular weight excluding hydrogens is 598 g/mol. The Hall–Kier alpha value is -3.64. The number of cyclic esters (lactones) is 1. The second kappa shape index (κ2) is 15.6. The summed E-state index contributed by atoms with van der Waals surface area (Å²) in [7, 11) is 0. The van der Waals surface area contributed by atoms with E-state index < -0.39 is 48.3 Å². The van der Waals surface area contributed by atoms with Gasteiger partial charge in [0.2, 0.25) is 11.8 Å². The van der Waals surface area contributed by atoms with Crippen LogP contribution < -0.4 is 16.4 Å². The number of hydrogen-bond acceptors (Lipinski definition) is 8. The van der Waals surface area contributed by atoms with Crippen LogP contribution in [0.4, 0.5) is 0 Å². The summed E-state index contributed by atoms with van der Waals surface area (Å²) in [5, 5.41) is 22.9. The van der Waals surface area contributed by atoms with Gasteiger partial charge in [-0.25, -0.2) is 0 Å². The van der Waals surface area contributed by atoms with Crippen LogP contribution in [0.5, 0.6) is 0 Å². The van der Waals surface area contributed by atoms with Gasteiger partial charge in [0.25, 0.3) is 0 Å². The molecule has 4 unspecified atom stereocenters. The molecular formula is C33H43N3O8S. The number of carboxylic acids is 2. The smallest absolute Gasteiger partial charge is 0.322 e. The highest BCUT2D eigenvalue weighted by Crippen LogP contribution is 2.54. The standard InChI is InChI=1S/C33H43N3O8S/c1-2-33(14-6-7-15-33)29(28-22-11-10-21(17-23(22)32(43)44-28)16-20-8-4-3-5-9-20)45-19-25(30(40)35-18-27(38)39)36-26(37)13-12-24(34)31(41)42/h3-5,8-9,17,23-25,29H,2,6-7,10-16,18-19,34H2,1H3,(H,35,40)(H,36,37)(H,38,39)(H,41,42). The number of rotatable bonds is 16. The summed E-state index contributed by atoms with van der Waals surface area (Å²) in [5.41, 5.74) is 8.73. The Bertz CT molecular complexity index is 1340. The summed E-state index contributed by atoms with van der Waals surface area (Å²) < 4.78 is 6.09. The fourth-order valence-electron chi connectivity index (χ4n) is 6.57. The molecule has 0 saturated heterocycles. The average molecular weight is 642 g/mol. The van der Waals surface area contributed by atoms with Crippen molar-refractivity contribution in [3.63, 3.8) is 0 Å². The van der Waals surface area contributed by atoms with Crippen LogP contribution in [0.2, 0.25) is 0 Å². The maximum absolute atomic E-state index is 13.3. The largest absolute Gasteiger partial charge is 0.480 e. The van der Waals surface area contributed by atoms with Crippen LogP contribution >= 0.6 is 11.8 Å². The van der Waals surface area contributed by atoms with E-state index in [2.05, 4.69) is 29.7 Å². The number of benzene rings is 1. The van der Waals surface area contributed by atoms with Crippen LogP contribution in [0.25, 0.3) is 0 Å². The quantitative estimate of drug-likeness (QED) is 0.132. The van der Waals surface area contributed by atoms with E-state index >= 15 is 0 Å². The normalized spacial score (nSPS) is 20.8. The summed E-state index contributed by atoms with van der Waals surface area (Å²) >= 11 is 1.45. The third-order valence-corrected chi connectivity index (χ3v) is 10.7. The number of ether oxygens (including phenoxy) is 1. The molecule has 1 aliphatic heterocycles. The zero-order valence-electron chi connectivity index (χ0n) is 25.6. The number of esters is 1. The molecule has 1 aromatic carbocycles. The minimum atomic E-state index is -1.23. The molecule has 4 atom stereocenters. The maximum atomic E-state index is 13.3. The van der Waals surface area contributed by atoms with Gasteiger partial charge >= 0.3 is 17.9 Å². The summed E-state index contributed by atoms with van der Waals surface area (Å²) in [4.78, 5) is 61.3. The van der Waals surface area contributed by atoms with Crippen LogP contribution in [0, 0.1) is 11.3 Å². The van der Waals surface area contributed by atoms with Gasteiger partial charge in [0, 0.05) is 12.2 Å². The van der Waals surface area contributed by atoms with Gasteiger partial charge in [-0.15, -0.1) is 11.8 Å². The summed E-state index contributed by atoms with van der Waals surface area (Å²) in [6.45, 7) is 1.51. The average Bonchev–Trinajstić information content (AvgIpc) is 3.64. The Morgan fingerprint density at radius 3 is 2.47 bits per heavy atom. The number of carbonyl (C=O) groups is 5. The molecule has 3 aliphatic rings. The molecule has 1 heterocycles. The van der Waals surface area contributed by atoms with Crippen molar-refractivity contribution < 1.29 is 38.9 Å². The van der Waals surface area contributed by atoms with Crippen LogP contribution in [0.1, 0.15) is 70.3 Å². The van der Waals surface area contributed by atoms with Crippen LogP contribution in [0.3, 0.4) is 0 Å². The molecule has 0 bridgehead atoms. The number of allylic oxidation sites excluding steroid dienone is 1. The first kappa shape index (κ1) is 34.2. The van der Waals surface area contributed by atoms with Crippen molar-refractivity contribution in [2.45, 2.75) is 88.5 Å². The lowest BCUT2D eigenvalue weighted by Crippen LogP contribution is -2.50. The van der Waals surface area contributed by atoms with Crippen molar-refractivity contribution in [3.05, 3.63) is 58.9 Å². The lowest BCUT2D eigenvalue weighted by molar-refractivity contribution is -0.140. The zero-order valence-corrected chi connectivity index (χ0v) is 26.4. The highest BCUT2D eigenvalue weighted by molar-refractivity contribution is 8.00. The first-order valence-electron chi connectivity index (χ1n) is 15.6. The van der Waals surface area contributed by atoms with E-state index in [1.165, 1.54) is 22.9 Å². The zero-order chi connectivity index (χ0) is 32.6. The monoisotopic (exact) mass is 641 g/mol. The fraction of sp³-hybridized carbons (Fsp3) is 0.545. The van der Waals surface area contributed by atoms with Crippen molar-refractivity contribution in [3.8, 4) is 0 Å². The van der Waals surface area contributed by atoms with Crippen molar-refractivity contribution in [2.75, 3.05) is 12.3 Å². The maximum Gasteiger partial charge on any atom is 0.322 e. The molecule has 2 aliphatic carbocycles. The van der Waals surface area contributed by atoms with Crippen LogP contribution in [0.15, 0.2) is 53.3 Å². The van der Waals surface area contributed by atoms with Gasteiger partial charge in [-0.3, -0.25) is 24.0 Å². The number of nitrogens with two attached hydrogens (primary N) is 1. The van der Waals surface area contributed by atoms with E-state index in [4.69, 9.17) is 20.7 Å². The molecule has 1 fully saturated rings. The minimum Gasteiger partial charge on any atom is -0.480 e. The second-order valence-corrected chi connectivity index (χ2v) is 13.3. The lowest BCUT2D eigenvalue weighted by Gasteiger charge is -2.38. The number of nitrogens with one attached hydrogen (secondary N) is 2. The van der Waals surface area contributed by atoms with Crippen molar-refractivity contribution >= 4 is 41.5 Å². The number of fused-ring (bicyclic) bond motifs is 1. The Morgan fingerprint density at radius 2 is 1.82 bits per heavy atom. The molecule has 0 spiro atoms. The Morgan fingerprint density at radius 1 is 1.11 bits per heavy atom. The number of amides is 2. The number of hydrogen-bond donors (Lipinski definition) is 5. The van der Waals surface area contributed by atoms with E-state index in [-0.39, 0.29) is 35.2 Å². The van der Waals surface area contributed by atoms with Gasteiger partial charge in [0.15, 0.2) is 0 Å². The lowest BCUT2D eigenvalue weighted by atomic mass is 9.76. The van der Waals surface area contributed by atoms with Gasteiger partial charge in [0.05, 0.1) is 5.25 Å². The number of carbonyl (C=O) groups excluding carboxylic acids is 3. The molecule has 0 aromatic heterocycles. The van der Waals surface area contributed by atoms with E-state index in [0.717, 1.165) is 50.5 Å². The van der Waals surface area contributed by atoms with Crippen molar-refractivity contribution in [2.24, 2.45) is 17.1 Å². The molecule has 11 nitrogen and oxygen atoms in total.